The average Bonchev–Trinajstić information content (AvgIpc) is 2.99. The molecule has 2 N–H and O–H groups in total. The van der Waals surface area contributed by atoms with Crippen LogP contribution in [0.4, 0.5) is 16.0 Å². The first-order chi connectivity index (χ1) is 11.7. The van der Waals surface area contributed by atoms with Gasteiger partial charge >= 0.3 is 0 Å². The Morgan fingerprint density at radius 3 is 2.54 bits per heavy atom. The molecule has 0 bridgehead atoms. The Morgan fingerprint density at radius 2 is 1.75 bits per heavy atom. The lowest BCUT2D eigenvalue weighted by molar-refractivity contribution is 0.475. The van der Waals surface area contributed by atoms with Crippen LogP contribution < -0.4 is 5.32 Å². The Kier molecular flexibility index (Phi) is 3.35. The van der Waals surface area contributed by atoms with Crippen molar-refractivity contribution >= 4 is 17.3 Å². The third-order valence-electron chi connectivity index (χ3n) is 3.60. The lowest BCUT2D eigenvalue weighted by Gasteiger charge is -2.04. The predicted octanol–water partition coefficient (Wildman–Crippen LogP) is 3.98. The minimum Gasteiger partial charge on any atom is -0.508 e. The molecule has 0 spiro atoms. The minimum absolute atomic E-state index is 0.192. The number of rotatable bonds is 3. The molecule has 0 aliphatic carbocycles. The summed E-state index contributed by atoms with van der Waals surface area (Å²) in [5.74, 6) is 0.313. The van der Waals surface area contributed by atoms with E-state index in [9.17, 15) is 9.50 Å². The molecule has 2 aromatic heterocycles. The third-order valence-corrected chi connectivity index (χ3v) is 3.60. The summed E-state index contributed by atoms with van der Waals surface area (Å²) in [6.07, 6.45) is 0. The van der Waals surface area contributed by atoms with E-state index in [-0.39, 0.29) is 11.6 Å². The van der Waals surface area contributed by atoms with Gasteiger partial charge < -0.3 is 10.4 Å². The highest BCUT2D eigenvalue weighted by atomic mass is 19.1. The molecule has 2 aromatic carbocycles. The molecule has 118 valence electrons. The quantitative estimate of drug-likeness (QED) is 0.560. The molecule has 24 heavy (non-hydrogen) atoms. The molecule has 0 saturated carbocycles. The standard InChI is InChI=1S/C18H13FN4O/c19-13-4-1-3-12(11-13)16-5-2-6-17-21-18(22-23(16)17)20-14-7-9-15(24)10-8-14/h1-11,24H,(H,20,22). The average molecular weight is 320 g/mol. The van der Waals surface area contributed by atoms with Crippen LogP contribution in [-0.4, -0.2) is 19.7 Å². The summed E-state index contributed by atoms with van der Waals surface area (Å²) in [7, 11) is 0. The number of aromatic hydroxyl groups is 1. The molecular weight excluding hydrogens is 307 g/mol. The molecule has 0 amide bonds. The van der Waals surface area contributed by atoms with Crippen LogP contribution in [0.1, 0.15) is 0 Å². The molecule has 4 rings (SSSR count). The second-order valence-corrected chi connectivity index (χ2v) is 5.30. The van der Waals surface area contributed by atoms with Gasteiger partial charge in [0.1, 0.15) is 11.6 Å². The number of nitrogens with one attached hydrogen (secondary N) is 1. The smallest absolute Gasteiger partial charge is 0.247 e. The summed E-state index contributed by atoms with van der Waals surface area (Å²) in [4.78, 5) is 4.42. The summed E-state index contributed by atoms with van der Waals surface area (Å²) < 4.78 is 15.2. The van der Waals surface area contributed by atoms with E-state index in [1.54, 1.807) is 34.8 Å². The van der Waals surface area contributed by atoms with Gasteiger partial charge in [-0.2, -0.15) is 4.98 Å². The van der Waals surface area contributed by atoms with Gasteiger partial charge in [-0.15, -0.1) is 5.10 Å². The number of pyridine rings is 1. The van der Waals surface area contributed by atoms with E-state index in [2.05, 4.69) is 15.4 Å². The Morgan fingerprint density at radius 1 is 0.958 bits per heavy atom. The van der Waals surface area contributed by atoms with Gasteiger partial charge in [-0.25, -0.2) is 8.91 Å². The summed E-state index contributed by atoms with van der Waals surface area (Å²) in [6, 6.07) is 18.5. The number of hydrogen-bond acceptors (Lipinski definition) is 4. The van der Waals surface area contributed by atoms with Crippen molar-refractivity contribution in [3.05, 3.63) is 72.5 Å². The first-order valence-electron chi connectivity index (χ1n) is 7.37. The van der Waals surface area contributed by atoms with Crippen molar-refractivity contribution in [2.24, 2.45) is 0 Å². The fraction of sp³-hybridized carbons (Fsp3) is 0. The van der Waals surface area contributed by atoms with Crippen LogP contribution in [0.3, 0.4) is 0 Å². The number of benzene rings is 2. The lowest BCUT2D eigenvalue weighted by atomic mass is 10.1. The highest BCUT2D eigenvalue weighted by Gasteiger charge is 2.09. The maximum atomic E-state index is 13.5. The van der Waals surface area contributed by atoms with Crippen molar-refractivity contribution < 1.29 is 9.50 Å². The monoisotopic (exact) mass is 320 g/mol. The highest BCUT2D eigenvalue weighted by molar-refractivity contribution is 5.64. The van der Waals surface area contributed by atoms with E-state index in [4.69, 9.17) is 0 Å². The SMILES string of the molecule is Oc1ccc(Nc2nc3cccc(-c4cccc(F)c4)n3n2)cc1. The second kappa shape index (κ2) is 5.66. The maximum Gasteiger partial charge on any atom is 0.247 e. The Bertz CT molecular complexity index is 1010. The number of anilines is 2. The summed E-state index contributed by atoms with van der Waals surface area (Å²) in [6.45, 7) is 0. The van der Waals surface area contributed by atoms with E-state index in [0.29, 0.717) is 11.6 Å². The molecule has 4 aromatic rings. The number of phenolic OH excluding ortho intramolecular Hbond substituents is 1. The summed E-state index contributed by atoms with van der Waals surface area (Å²) in [5, 5.41) is 16.9. The van der Waals surface area contributed by atoms with Crippen LogP contribution in [0, 0.1) is 5.82 Å². The zero-order valence-corrected chi connectivity index (χ0v) is 12.5. The zero-order chi connectivity index (χ0) is 16.5. The van der Waals surface area contributed by atoms with Gasteiger partial charge in [0.05, 0.1) is 5.69 Å². The normalized spacial score (nSPS) is 10.9. The van der Waals surface area contributed by atoms with E-state index in [1.807, 2.05) is 24.3 Å². The molecule has 0 fully saturated rings. The van der Waals surface area contributed by atoms with Gasteiger partial charge in [-0.3, -0.25) is 0 Å². The minimum atomic E-state index is -0.299. The molecule has 0 aliphatic rings. The van der Waals surface area contributed by atoms with Crippen molar-refractivity contribution in [2.45, 2.75) is 0 Å². The van der Waals surface area contributed by atoms with Crippen molar-refractivity contribution in [3.8, 4) is 17.0 Å². The zero-order valence-electron chi connectivity index (χ0n) is 12.5. The molecule has 0 aliphatic heterocycles. The van der Waals surface area contributed by atoms with Crippen LogP contribution in [0.25, 0.3) is 16.9 Å². The molecule has 0 atom stereocenters. The van der Waals surface area contributed by atoms with Crippen LogP contribution in [0.15, 0.2) is 66.7 Å². The third kappa shape index (κ3) is 2.65. The second-order valence-electron chi connectivity index (χ2n) is 5.30. The number of aromatic nitrogens is 3. The lowest BCUT2D eigenvalue weighted by Crippen LogP contribution is -1.95. The van der Waals surface area contributed by atoms with Gasteiger partial charge in [0.25, 0.3) is 0 Å². The Balaban J connectivity index is 1.75. The first-order valence-corrected chi connectivity index (χ1v) is 7.37. The van der Waals surface area contributed by atoms with Crippen molar-refractivity contribution in [1.82, 2.24) is 14.6 Å². The maximum absolute atomic E-state index is 13.5. The fourth-order valence-corrected chi connectivity index (χ4v) is 2.50. The fourth-order valence-electron chi connectivity index (χ4n) is 2.50. The number of nitrogens with zero attached hydrogens (tertiary/aromatic N) is 3. The predicted molar refractivity (Wildman–Crippen MR) is 89.8 cm³/mol. The van der Waals surface area contributed by atoms with E-state index >= 15 is 0 Å². The van der Waals surface area contributed by atoms with E-state index < -0.39 is 0 Å². The first kappa shape index (κ1) is 14.2. The van der Waals surface area contributed by atoms with Gasteiger partial charge in [0.2, 0.25) is 5.95 Å². The largest absolute Gasteiger partial charge is 0.508 e. The molecule has 0 unspecified atom stereocenters. The van der Waals surface area contributed by atoms with Gasteiger partial charge in [0, 0.05) is 11.3 Å². The van der Waals surface area contributed by atoms with Crippen molar-refractivity contribution in [3.63, 3.8) is 0 Å². The van der Waals surface area contributed by atoms with Crippen LogP contribution in [0.5, 0.6) is 5.75 Å². The number of hydrogen-bond donors (Lipinski definition) is 2. The topological polar surface area (TPSA) is 62.5 Å². The molecule has 5 nitrogen and oxygen atoms in total. The molecule has 0 saturated heterocycles. The number of halogens is 1. The van der Waals surface area contributed by atoms with E-state index in [1.165, 1.54) is 12.1 Å². The van der Waals surface area contributed by atoms with Gasteiger partial charge in [-0.05, 0) is 48.5 Å². The molecular formula is C18H13FN4O. The summed E-state index contributed by atoms with van der Waals surface area (Å²) >= 11 is 0. The molecule has 6 heteroatoms. The molecule has 0 radical (unpaired) electrons. The number of fused-ring (bicyclic) bond motifs is 1. The van der Waals surface area contributed by atoms with Crippen LogP contribution in [0.2, 0.25) is 0 Å². The Hall–Kier alpha value is -3.41. The van der Waals surface area contributed by atoms with Crippen LogP contribution >= 0.6 is 0 Å². The van der Waals surface area contributed by atoms with E-state index in [0.717, 1.165) is 16.9 Å². The van der Waals surface area contributed by atoms with Gasteiger partial charge in [-0.1, -0.05) is 18.2 Å². The Labute approximate surface area is 137 Å². The van der Waals surface area contributed by atoms with Crippen molar-refractivity contribution in [2.75, 3.05) is 5.32 Å². The number of phenols is 1. The highest BCUT2D eigenvalue weighted by Crippen LogP contribution is 2.23. The van der Waals surface area contributed by atoms with Crippen LogP contribution in [-0.2, 0) is 0 Å². The molecule has 2 heterocycles. The van der Waals surface area contributed by atoms with Crippen molar-refractivity contribution in [1.29, 1.82) is 0 Å². The summed E-state index contributed by atoms with van der Waals surface area (Å²) in [5.41, 5.74) is 2.88. The van der Waals surface area contributed by atoms with Gasteiger partial charge in [0.15, 0.2) is 5.65 Å².